The van der Waals surface area contributed by atoms with Gasteiger partial charge in [0.1, 0.15) is 5.75 Å². The van der Waals surface area contributed by atoms with Crippen molar-refractivity contribution in [3.8, 4) is 5.75 Å². The first-order valence-electron chi connectivity index (χ1n) is 3.27. The Balaban J connectivity index is 2.55. The molecule has 1 heterocycles. The minimum Gasteiger partial charge on any atom is -0.456 e. The number of aliphatic hydroxyl groups excluding tert-OH is 1. The molecule has 1 atom stereocenters. The molecule has 0 unspecified atom stereocenters. The highest BCUT2D eigenvalue weighted by Gasteiger charge is 2.29. The van der Waals surface area contributed by atoms with Gasteiger partial charge in [0.2, 0.25) is 5.78 Å². The van der Waals surface area contributed by atoms with Crippen molar-refractivity contribution in [1.29, 1.82) is 0 Å². The Morgan fingerprint density at radius 3 is 2.82 bits per heavy atom. The zero-order chi connectivity index (χ0) is 7.84. The molecule has 3 heteroatoms. The molecule has 0 radical (unpaired) electrons. The molecule has 1 N–H and O–H groups in total. The second kappa shape index (κ2) is 2.07. The second-order valence-corrected chi connectivity index (χ2v) is 2.33. The Morgan fingerprint density at radius 1 is 1.36 bits per heavy atom. The van der Waals surface area contributed by atoms with Crippen LogP contribution in [0, 0.1) is 0 Å². The summed E-state index contributed by atoms with van der Waals surface area (Å²) in [5.41, 5.74) is 0.458. The highest BCUT2D eigenvalue weighted by atomic mass is 16.6. The van der Waals surface area contributed by atoms with Gasteiger partial charge in [0.25, 0.3) is 6.29 Å². The number of ketones is 1. The number of aliphatic hydroxyl groups is 1. The predicted molar refractivity (Wildman–Crippen MR) is 37.4 cm³/mol. The third-order valence-electron chi connectivity index (χ3n) is 1.62. The average molecular weight is 150 g/mol. The first-order chi connectivity index (χ1) is 5.29. The van der Waals surface area contributed by atoms with Crippen LogP contribution in [-0.4, -0.2) is 17.2 Å². The summed E-state index contributed by atoms with van der Waals surface area (Å²) in [6.07, 6.45) is -1.30. The van der Waals surface area contributed by atoms with E-state index in [1.165, 1.54) is 0 Å². The van der Waals surface area contributed by atoms with E-state index in [0.29, 0.717) is 11.3 Å². The quantitative estimate of drug-likeness (QED) is 0.588. The minimum atomic E-state index is -1.30. The van der Waals surface area contributed by atoms with Crippen LogP contribution in [0.4, 0.5) is 0 Å². The zero-order valence-electron chi connectivity index (χ0n) is 5.65. The van der Waals surface area contributed by atoms with Gasteiger partial charge >= 0.3 is 0 Å². The molecule has 0 fully saturated rings. The minimum absolute atomic E-state index is 0.361. The summed E-state index contributed by atoms with van der Waals surface area (Å²) in [7, 11) is 0. The van der Waals surface area contributed by atoms with Gasteiger partial charge in [0.15, 0.2) is 0 Å². The summed E-state index contributed by atoms with van der Waals surface area (Å²) >= 11 is 0. The van der Waals surface area contributed by atoms with Crippen molar-refractivity contribution in [2.45, 2.75) is 6.29 Å². The van der Waals surface area contributed by atoms with Crippen LogP contribution in [0.5, 0.6) is 5.75 Å². The Morgan fingerprint density at radius 2 is 2.09 bits per heavy atom. The summed E-state index contributed by atoms with van der Waals surface area (Å²) in [6, 6.07) is 6.78. The van der Waals surface area contributed by atoms with E-state index in [1.54, 1.807) is 24.3 Å². The zero-order valence-corrected chi connectivity index (χ0v) is 5.65. The summed E-state index contributed by atoms with van der Waals surface area (Å²) in [4.78, 5) is 11.0. The van der Waals surface area contributed by atoms with Gasteiger partial charge in [-0.25, -0.2) is 0 Å². The maximum absolute atomic E-state index is 11.0. The number of hydrogen-bond acceptors (Lipinski definition) is 3. The first kappa shape index (κ1) is 6.37. The third-order valence-corrected chi connectivity index (χ3v) is 1.62. The van der Waals surface area contributed by atoms with Crippen molar-refractivity contribution in [2.24, 2.45) is 0 Å². The molecular formula is C8H6O3. The van der Waals surface area contributed by atoms with Gasteiger partial charge in [-0.05, 0) is 12.1 Å². The lowest BCUT2D eigenvalue weighted by atomic mass is 10.1. The number of para-hydroxylation sites is 1. The van der Waals surface area contributed by atoms with Crippen molar-refractivity contribution >= 4 is 5.78 Å². The fourth-order valence-corrected chi connectivity index (χ4v) is 1.08. The molecule has 11 heavy (non-hydrogen) atoms. The lowest BCUT2D eigenvalue weighted by Crippen LogP contribution is -2.18. The number of carbonyl (C=O) groups is 1. The van der Waals surface area contributed by atoms with Crippen LogP contribution in [0.3, 0.4) is 0 Å². The number of benzene rings is 1. The molecule has 0 amide bonds. The Kier molecular flexibility index (Phi) is 1.20. The number of carbonyl (C=O) groups excluding carboxylic acids is 1. The van der Waals surface area contributed by atoms with Gasteiger partial charge in [-0.3, -0.25) is 4.79 Å². The number of rotatable bonds is 0. The molecule has 3 nitrogen and oxygen atoms in total. The monoisotopic (exact) mass is 150 g/mol. The van der Waals surface area contributed by atoms with Crippen LogP contribution in [0.1, 0.15) is 10.4 Å². The Labute approximate surface area is 63.2 Å². The smallest absolute Gasteiger partial charge is 0.262 e. The van der Waals surface area contributed by atoms with Crippen molar-refractivity contribution in [3.63, 3.8) is 0 Å². The van der Waals surface area contributed by atoms with Gasteiger partial charge in [-0.1, -0.05) is 12.1 Å². The SMILES string of the molecule is O=C1c2ccccc2O[C@@H]1O. The van der Waals surface area contributed by atoms with Crippen LogP contribution >= 0.6 is 0 Å². The molecule has 56 valence electrons. The average Bonchev–Trinajstić information content (AvgIpc) is 2.30. The van der Waals surface area contributed by atoms with Gasteiger partial charge in [0.05, 0.1) is 5.56 Å². The number of ether oxygens (including phenoxy) is 1. The summed E-state index contributed by atoms with van der Waals surface area (Å²) < 4.78 is 4.83. The second-order valence-electron chi connectivity index (χ2n) is 2.33. The van der Waals surface area contributed by atoms with E-state index < -0.39 is 6.29 Å². The molecule has 0 bridgehead atoms. The molecular weight excluding hydrogens is 144 g/mol. The van der Waals surface area contributed by atoms with Crippen LogP contribution < -0.4 is 4.74 Å². The maximum Gasteiger partial charge on any atom is 0.262 e. The summed E-state index contributed by atoms with van der Waals surface area (Å²) in [6.45, 7) is 0. The molecule has 1 aliphatic heterocycles. The van der Waals surface area contributed by atoms with E-state index in [1.807, 2.05) is 0 Å². The highest BCUT2D eigenvalue weighted by molar-refractivity contribution is 6.03. The predicted octanol–water partition coefficient (Wildman–Crippen LogP) is 0.580. The highest BCUT2D eigenvalue weighted by Crippen LogP contribution is 2.26. The fourth-order valence-electron chi connectivity index (χ4n) is 1.08. The van der Waals surface area contributed by atoms with Crippen LogP contribution in [0.25, 0.3) is 0 Å². The largest absolute Gasteiger partial charge is 0.456 e. The van der Waals surface area contributed by atoms with Gasteiger partial charge in [-0.15, -0.1) is 0 Å². The molecule has 1 aliphatic rings. The Hall–Kier alpha value is -1.35. The standard InChI is InChI=1S/C8H6O3/c9-7-5-3-1-2-4-6(5)11-8(7)10/h1-4,8,10H/t8-/m0/s1. The van der Waals surface area contributed by atoms with E-state index in [-0.39, 0.29) is 5.78 Å². The topological polar surface area (TPSA) is 46.5 Å². The van der Waals surface area contributed by atoms with Crippen molar-refractivity contribution < 1.29 is 14.6 Å². The van der Waals surface area contributed by atoms with Crippen molar-refractivity contribution in [3.05, 3.63) is 29.8 Å². The maximum atomic E-state index is 11.0. The van der Waals surface area contributed by atoms with Crippen molar-refractivity contribution in [2.75, 3.05) is 0 Å². The number of fused-ring (bicyclic) bond motifs is 1. The number of hydrogen-bond donors (Lipinski definition) is 1. The molecule has 0 aromatic heterocycles. The first-order valence-corrected chi connectivity index (χ1v) is 3.27. The lowest BCUT2D eigenvalue weighted by molar-refractivity contribution is 0.00866. The van der Waals surface area contributed by atoms with Crippen LogP contribution in [0.15, 0.2) is 24.3 Å². The molecule has 0 spiro atoms. The van der Waals surface area contributed by atoms with E-state index >= 15 is 0 Å². The molecule has 0 saturated heterocycles. The third kappa shape index (κ3) is 0.816. The fraction of sp³-hybridized carbons (Fsp3) is 0.125. The lowest BCUT2D eigenvalue weighted by Gasteiger charge is -1.97. The Bertz CT molecular complexity index is 306. The van der Waals surface area contributed by atoms with E-state index in [0.717, 1.165) is 0 Å². The van der Waals surface area contributed by atoms with E-state index in [4.69, 9.17) is 9.84 Å². The molecule has 1 aromatic rings. The molecule has 1 aromatic carbocycles. The van der Waals surface area contributed by atoms with Crippen molar-refractivity contribution in [1.82, 2.24) is 0 Å². The van der Waals surface area contributed by atoms with Gasteiger partial charge in [0, 0.05) is 0 Å². The normalized spacial score (nSPS) is 21.2. The van der Waals surface area contributed by atoms with Crippen LogP contribution in [-0.2, 0) is 0 Å². The summed E-state index contributed by atoms with van der Waals surface area (Å²) in [5, 5.41) is 8.95. The van der Waals surface area contributed by atoms with Gasteiger partial charge < -0.3 is 9.84 Å². The molecule has 2 rings (SSSR count). The summed E-state index contributed by atoms with van der Waals surface area (Å²) in [5.74, 6) is 0.102. The number of Topliss-reactive ketones (excluding diaryl/α,β-unsaturated/α-hetero) is 1. The van der Waals surface area contributed by atoms with Gasteiger partial charge in [-0.2, -0.15) is 0 Å². The van der Waals surface area contributed by atoms with E-state index in [9.17, 15) is 4.79 Å². The van der Waals surface area contributed by atoms with Crippen LogP contribution in [0.2, 0.25) is 0 Å². The van der Waals surface area contributed by atoms with E-state index in [2.05, 4.69) is 0 Å². The molecule has 0 aliphatic carbocycles. The molecule has 0 saturated carbocycles.